The normalized spacial score (nSPS) is 16.2. The van der Waals surface area contributed by atoms with Crippen molar-refractivity contribution in [1.29, 1.82) is 0 Å². The number of nitrogens with one attached hydrogen (secondary N) is 1. The molecule has 0 radical (unpaired) electrons. The Balaban J connectivity index is 1.32. The average Bonchev–Trinajstić information content (AvgIpc) is 3.56. The van der Waals surface area contributed by atoms with Crippen LogP contribution in [0.4, 0.5) is 15.8 Å². The molecule has 33 heavy (non-hydrogen) atoms. The van der Waals surface area contributed by atoms with E-state index in [1.165, 1.54) is 22.3 Å². The number of amides is 1. The maximum Gasteiger partial charge on any atom is 0.275 e. The molecule has 3 aromatic heterocycles. The lowest BCUT2D eigenvalue weighted by molar-refractivity contribution is 0.102. The van der Waals surface area contributed by atoms with Gasteiger partial charge in [-0.2, -0.15) is 5.10 Å². The second kappa shape index (κ2) is 9.42. The number of para-hydroxylation sites is 1. The lowest BCUT2D eigenvalue weighted by Gasteiger charge is -2.34. The Morgan fingerprint density at radius 3 is 3.00 bits per heavy atom. The molecule has 0 aliphatic carbocycles. The zero-order valence-electron chi connectivity index (χ0n) is 17.8. The van der Waals surface area contributed by atoms with Gasteiger partial charge in [0, 0.05) is 41.1 Å². The highest BCUT2D eigenvalue weighted by Crippen LogP contribution is 2.32. The Morgan fingerprint density at radius 1 is 1.27 bits per heavy atom. The third-order valence-electron chi connectivity index (χ3n) is 5.52. The lowest BCUT2D eigenvalue weighted by Crippen LogP contribution is -2.43. The first-order chi connectivity index (χ1) is 16.1. The Kier molecular flexibility index (Phi) is 6.21. The van der Waals surface area contributed by atoms with Crippen LogP contribution in [0.2, 0.25) is 0 Å². The number of nitrogens with zero attached hydrogens (tertiary/aromatic N) is 4. The van der Waals surface area contributed by atoms with Crippen molar-refractivity contribution in [2.24, 2.45) is 5.73 Å². The second-order valence-electron chi connectivity index (χ2n) is 7.98. The van der Waals surface area contributed by atoms with Crippen molar-refractivity contribution in [3.05, 3.63) is 69.9 Å². The van der Waals surface area contributed by atoms with Gasteiger partial charge in [0.1, 0.15) is 16.5 Å². The highest BCUT2D eigenvalue weighted by atomic mass is 32.1. The van der Waals surface area contributed by atoms with Crippen LogP contribution in [-0.2, 0) is 6.54 Å². The first-order valence-electron chi connectivity index (χ1n) is 10.7. The van der Waals surface area contributed by atoms with Crippen LogP contribution in [0, 0.1) is 5.82 Å². The third-order valence-corrected chi connectivity index (χ3v) is 7.28. The van der Waals surface area contributed by atoms with E-state index < -0.39 is 0 Å². The summed E-state index contributed by atoms with van der Waals surface area (Å²) >= 11 is 3.06. The molecule has 7 nitrogen and oxygen atoms in total. The second-order valence-corrected chi connectivity index (χ2v) is 9.87. The number of benzene rings is 1. The van der Waals surface area contributed by atoms with Gasteiger partial charge in [-0.15, -0.1) is 22.7 Å². The van der Waals surface area contributed by atoms with Crippen molar-refractivity contribution in [3.63, 3.8) is 0 Å². The molecule has 170 valence electrons. The van der Waals surface area contributed by atoms with Gasteiger partial charge in [0.15, 0.2) is 0 Å². The van der Waals surface area contributed by atoms with E-state index in [0.29, 0.717) is 36.0 Å². The van der Waals surface area contributed by atoms with Crippen LogP contribution in [0.3, 0.4) is 0 Å². The number of hydrogen-bond acceptors (Lipinski definition) is 7. The molecule has 0 spiro atoms. The van der Waals surface area contributed by atoms with Crippen LogP contribution in [-0.4, -0.2) is 39.8 Å². The van der Waals surface area contributed by atoms with Crippen molar-refractivity contribution >= 4 is 40.0 Å². The summed E-state index contributed by atoms with van der Waals surface area (Å²) in [5.74, 6) is -0.754. The molecule has 0 bridgehead atoms. The summed E-state index contributed by atoms with van der Waals surface area (Å²) in [6.07, 6.45) is 5.47. The number of rotatable bonds is 6. The van der Waals surface area contributed by atoms with Gasteiger partial charge in [0.2, 0.25) is 0 Å². The van der Waals surface area contributed by atoms with Crippen LogP contribution >= 0.6 is 22.7 Å². The van der Waals surface area contributed by atoms with Gasteiger partial charge in [-0.1, -0.05) is 12.1 Å². The fourth-order valence-corrected chi connectivity index (χ4v) is 5.44. The molecule has 0 saturated carbocycles. The summed E-state index contributed by atoms with van der Waals surface area (Å²) in [4.78, 5) is 20.5. The molecular formula is C23H23FN6OS2. The summed E-state index contributed by atoms with van der Waals surface area (Å²) in [5, 5.41) is 11.7. The molecule has 1 fully saturated rings. The minimum atomic E-state index is -0.378. The number of halogens is 1. The van der Waals surface area contributed by atoms with Crippen LogP contribution in [0.1, 0.15) is 28.2 Å². The van der Waals surface area contributed by atoms with Crippen molar-refractivity contribution in [2.45, 2.75) is 25.4 Å². The predicted octanol–water partition coefficient (Wildman–Crippen LogP) is 4.44. The lowest BCUT2D eigenvalue weighted by atomic mass is 10.1. The zero-order chi connectivity index (χ0) is 22.8. The minimum Gasteiger partial charge on any atom is -0.366 e. The number of thiophene rings is 1. The van der Waals surface area contributed by atoms with Crippen molar-refractivity contribution in [3.8, 4) is 10.6 Å². The Morgan fingerprint density at radius 2 is 2.18 bits per heavy atom. The van der Waals surface area contributed by atoms with Gasteiger partial charge in [0.25, 0.3) is 5.91 Å². The molecular weight excluding hydrogens is 459 g/mol. The molecule has 10 heteroatoms. The van der Waals surface area contributed by atoms with Gasteiger partial charge in [-0.05, 0) is 36.4 Å². The third kappa shape index (κ3) is 4.82. The molecule has 3 N–H and O–H groups in total. The van der Waals surface area contributed by atoms with Gasteiger partial charge < -0.3 is 16.0 Å². The first-order valence-corrected chi connectivity index (χ1v) is 12.4. The Bertz CT molecular complexity index is 1250. The molecule has 1 atom stereocenters. The number of nitrogens with two attached hydrogens (primary N) is 1. The van der Waals surface area contributed by atoms with E-state index in [1.54, 1.807) is 35.0 Å². The fourth-order valence-electron chi connectivity index (χ4n) is 3.97. The number of carbonyl (C=O) groups excluding carboxylic acids is 1. The van der Waals surface area contributed by atoms with Gasteiger partial charge in [-0.3, -0.25) is 9.48 Å². The summed E-state index contributed by atoms with van der Waals surface area (Å²) in [6, 6.07) is 8.77. The van der Waals surface area contributed by atoms with Crippen LogP contribution < -0.4 is 16.0 Å². The molecule has 5 rings (SSSR count). The van der Waals surface area contributed by atoms with E-state index in [-0.39, 0.29) is 23.5 Å². The van der Waals surface area contributed by atoms with Crippen LogP contribution in [0.25, 0.3) is 10.6 Å². The monoisotopic (exact) mass is 482 g/mol. The SMILES string of the molecule is NC1CCCN(c2c(F)cccc2NC(=O)c2csc(-c3cnn(Cc4cccs4)c3)n2)C1. The molecule has 4 aromatic rings. The standard InChI is InChI=1S/C23H23FN6OS2/c24-18-6-1-7-19(21(18)29-8-2-4-16(25)12-29)27-22(31)20-14-33-23(28-20)15-10-26-30(11-15)13-17-5-3-9-32-17/h1,3,5-7,9-11,14,16H,2,4,8,12-13,25H2,(H,27,31). The smallest absolute Gasteiger partial charge is 0.275 e. The van der Waals surface area contributed by atoms with E-state index in [1.807, 2.05) is 27.2 Å². The van der Waals surface area contributed by atoms with Crippen molar-refractivity contribution < 1.29 is 9.18 Å². The summed E-state index contributed by atoms with van der Waals surface area (Å²) in [6.45, 7) is 1.95. The number of hydrogen-bond donors (Lipinski definition) is 2. The summed E-state index contributed by atoms with van der Waals surface area (Å²) < 4.78 is 16.6. The highest BCUT2D eigenvalue weighted by molar-refractivity contribution is 7.13. The number of piperidine rings is 1. The molecule has 1 amide bonds. The summed E-state index contributed by atoms with van der Waals surface area (Å²) in [7, 11) is 0. The Labute approximate surface area is 198 Å². The molecule has 1 aliphatic rings. The maximum atomic E-state index is 14.7. The Hall–Kier alpha value is -3.08. The number of thiazole rings is 1. The molecule has 1 aliphatic heterocycles. The number of aromatic nitrogens is 3. The number of carbonyl (C=O) groups is 1. The zero-order valence-corrected chi connectivity index (χ0v) is 19.4. The summed E-state index contributed by atoms with van der Waals surface area (Å²) in [5.41, 5.74) is 8.03. The van der Waals surface area contributed by atoms with Crippen molar-refractivity contribution in [2.75, 3.05) is 23.3 Å². The molecule has 1 saturated heterocycles. The first kappa shape index (κ1) is 21.7. The minimum absolute atomic E-state index is 0.0104. The van der Waals surface area contributed by atoms with E-state index >= 15 is 0 Å². The van der Waals surface area contributed by atoms with E-state index in [0.717, 1.165) is 18.4 Å². The van der Waals surface area contributed by atoms with E-state index in [9.17, 15) is 9.18 Å². The van der Waals surface area contributed by atoms with Gasteiger partial charge in [-0.25, -0.2) is 9.37 Å². The predicted molar refractivity (Wildman–Crippen MR) is 131 cm³/mol. The van der Waals surface area contributed by atoms with E-state index in [2.05, 4.69) is 21.5 Å². The molecule has 1 unspecified atom stereocenters. The maximum absolute atomic E-state index is 14.7. The van der Waals surface area contributed by atoms with Gasteiger partial charge in [0.05, 0.1) is 24.1 Å². The fraction of sp³-hybridized carbons (Fsp3) is 0.261. The largest absolute Gasteiger partial charge is 0.366 e. The average molecular weight is 483 g/mol. The van der Waals surface area contributed by atoms with Crippen LogP contribution in [0.15, 0.2) is 53.5 Å². The van der Waals surface area contributed by atoms with E-state index in [4.69, 9.17) is 5.73 Å². The van der Waals surface area contributed by atoms with Crippen LogP contribution in [0.5, 0.6) is 0 Å². The van der Waals surface area contributed by atoms with Gasteiger partial charge >= 0.3 is 0 Å². The topological polar surface area (TPSA) is 89.1 Å². The molecule has 4 heterocycles. The quantitative estimate of drug-likeness (QED) is 0.424. The molecule has 1 aromatic carbocycles. The number of anilines is 2. The highest BCUT2D eigenvalue weighted by Gasteiger charge is 2.23. The van der Waals surface area contributed by atoms with Crippen molar-refractivity contribution in [1.82, 2.24) is 14.8 Å².